The van der Waals surface area contributed by atoms with Crippen molar-refractivity contribution < 1.29 is 9.21 Å². The molecule has 0 radical (unpaired) electrons. The Morgan fingerprint density at radius 3 is 2.40 bits per heavy atom. The van der Waals surface area contributed by atoms with Crippen molar-refractivity contribution in [3.8, 4) is 0 Å². The van der Waals surface area contributed by atoms with Crippen molar-refractivity contribution in [2.24, 2.45) is 0 Å². The summed E-state index contributed by atoms with van der Waals surface area (Å²) in [6.45, 7) is 11.0. The molecule has 0 aliphatic heterocycles. The normalized spacial score (nSPS) is 11.6. The molecular formula is C21H30N2O2. The third-order valence-electron chi connectivity index (χ3n) is 4.20. The van der Waals surface area contributed by atoms with Crippen LogP contribution < -0.4 is 5.32 Å². The molecule has 1 heterocycles. The molecule has 0 atom stereocenters. The van der Waals surface area contributed by atoms with Crippen molar-refractivity contribution in [2.75, 3.05) is 6.54 Å². The molecule has 0 spiro atoms. The van der Waals surface area contributed by atoms with E-state index in [9.17, 15) is 4.79 Å². The van der Waals surface area contributed by atoms with E-state index in [4.69, 9.17) is 4.42 Å². The lowest BCUT2D eigenvalue weighted by Crippen LogP contribution is -2.25. The van der Waals surface area contributed by atoms with Crippen LogP contribution in [0.25, 0.3) is 0 Å². The molecule has 0 bridgehead atoms. The summed E-state index contributed by atoms with van der Waals surface area (Å²) in [5.74, 6) is 1.81. The summed E-state index contributed by atoms with van der Waals surface area (Å²) >= 11 is 0. The van der Waals surface area contributed by atoms with Gasteiger partial charge in [0.1, 0.15) is 5.76 Å². The maximum atomic E-state index is 12.0. The van der Waals surface area contributed by atoms with Crippen molar-refractivity contribution >= 4 is 5.91 Å². The predicted molar refractivity (Wildman–Crippen MR) is 101 cm³/mol. The van der Waals surface area contributed by atoms with E-state index in [1.54, 1.807) is 0 Å². The lowest BCUT2D eigenvalue weighted by molar-refractivity contribution is -0.121. The number of nitrogens with one attached hydrogen (secondary N) is 1. The first-order valence-corrected chi connectivity index (χ1v) is 9.05. The lowest BCUT2D eigenvalue weighted by atomic mass is 9.97. The number of carbonyl (C=O) groups excluding carboxylic acids is 1. The molecule has 4 heteroatoms. The van der Waals surface area contributed by atoms with Gasteiger partial charge in [-0.3, -0.25) is 4.79 Å². The first-order valence-electron chi connectivity index (χ1n) is 9.05. The number of oxazole rings is 1. The standard InChI is InChI=1S/C21H30N2O2/c1-15-8-10-17(11-9-15)12-13-19(24)22-14-6-7-18-16(2)23-20(25-18)21(3,4)5/h8-11H,6-7,12-14H2,1-5H3,(H,22,24). The van der Waals surface area contributed by atoms with Gasteiger partial charge in [-0.1, -0.05) is 50.6 Å². The molecule has 0 aliphatic rings. The van der Waals surface area contributed by atoms with Crippen LogP contribution in [0.3, 0.4) is 0 Å². The van der Waals surface area contributed by atoms with Crippen molar-refractivity contribution in [1.82, 2.24) is 10.3 Å². The molecular weight excluding hydrogens is 312 g/mol. The maximum Gasteiger partial charge on any atom is 0.220 e. The highest BCUT2D eigenvalue weighted by Crippen LogP contribution is 2.24. The van der Waals surface area contributed by atoms with E-state index in [2.05, 4.69) is 62.3 Å². The average molecular weight is 342 g/mol. The second-order valence-electron chi connectivity index (χ2n) is 7.72. The number of carbonyl (C=O) groups is 1. The Morgan fingerprint density at radius 2 is 1.80 bits per heavy atom. The molecule has 1 amide bonds. The Bertz CT molecular complexity index is 694. The highest BCUT2D eigenvalue weighted by Gasteiger charge is 2.21. The molecule has 0 unspecified atom stereocenters. The fourth-order valence-corrected chi connectivity index (χ4v) is 2.56. The van der Waals surface area contributed by atoms with Crippen LogP contribution in [0, 0.1) is 13.8 Å². The van der Waals surface area contributed by atoms with Crippen LogP contribution in [0.5, 0.6) is 0 Å². The van der Waals surface area contributed by atoms with E-state index in [0.717, 1.165) is 36.6 Å². The smallest absolute Gasteiger partial charge is 0.220 e. The molecule has 1 aromatic heterocycles. The highest BCUT2D eigenvalue weighted by atomic mass is 16.4. The number of nitrogens with zero attached hydrogens (tertiary/aromatic N) is 1. The van der Waals surface area contributed by atoms with Crippen molar-refractivity contribution in [3.05, 3.63) is 52.7 Å². The summed E-state index contributed by atoms with van der Waals surface area (Å²) in [6, 6.07) is 8.34. The van der Waals surface area contributed by atoms with E-state index in [1.807, 2.05) is 6.92 Å². The fraction of sp³-hybridized carbons (Fsp3) is 0.524. The zero-order valence-corrected chi connectivity index (χ0v) is 16.1. The van der Waals surface area contributed by atoms with Crippen LogP contribution in [0.4, 0.5) is 0 Å². The molecule has 2 aromatic rings. The minimum Gasteiger partial charge on any atom is -0.445 e. The number of hydrogen-bond acceptors (Lipinski definition) is 3. The van der Waals surface area contributed by atoms with Gasteiger partial charge in [0, 0.05) is 24.8 Å². The van der Waals surface area contributed by atoms with E-state index in [-0.39, 0.29) is 11.3 Å². The third kappa shape index (κ3) is 6.04. The quantitative estimate of drug-likeness (QED) is 0.765. The summed E-state index contributed by atoms with van der Waals surface area (Å²) in [7, 11) is 0. The minimum atomic E-state index is -0.0762. The zero-order chi connectivity index (χ0) is 18.4. The summed E-state index contributed by atoms with van der Waals surface area (Å²) in [6.07, 6.45) is 2.96. The Balaban J connectivity index is 1.69. The monoisotopic (exact) mass is 342 g/mol. The highest BCUT2D eigenvalue weighted by molar-refractivity contribution is 5.76. The van der Waals surface area contributed by atoms with Crippen LogP contribution in [-0.2, 0) is 23.1 Å². The number of rotatable bonds is 7. The number of aromatic nitrogens is 1. The number of aryl methyl sites for hydroxylation is 4. The molecule has 4 nitrogen and oxygen atoms in total. The second-order valence-corrected chi connectivity index (χ2v) is 7.72. The average Bonchev–Trinajstić information content (AvgIpc) is 2.92. The molecule has 1 N–H and O–H groups in total. The van der Waals surface area contributed by atoms with Crippen molar-refractivity contribution in [3.63, 3.8) is 0 Å². The van der Waals surface area contributed by atoms with Crippen LogP contribution in [0.2, 0.25) is 0 Å². The van der Waals surface area contributed by atoms with Gasteiger partial charge in [0.25, 0.3) is 0 Å². The third-order valence-corrected chi connectivity index (χ3v) is 4.20. The van der Waals surface area contributed by atoms with E-state index in [1.165, 1.54) is 11.1 Å². The van der Waals surface area contributed by atoms with Crippen molar-refractivity contribution in [2.45, 2.75) is 65.7 Å². The minimum absolute atomic E-state index is 0.0762. The summed E-state index contributed by atoms with van der Waals surface area (Å²) < 4.78 is 5.88. The topological polar surface area (TPSA) is 55.1 Å². The number of hydrogen-bond donors (Lipinski definition) is 1. The SMILES string of the molecule is Cc1ccc(CCC(=O)NCCCc2oc(C(C)(C)C)nc2C)cc1. The van der Waals surface area contributed by atoms with Gasteiger partial charge < -0.3 is 9.73 Å². The van der Waals surface area contributed by atoms with Gasteiger partial charge in [-0.25, -0.2) is 4.98 Å². The van der Waals surface area contributed by atoms with Gasteiger partial charge in [0.05, 0.1) is 5.69 Å². The molecule has 2 rings (SSSR count). The van der Waals surface area contributed by atoms with Crippen molar-refractivity contribution in [1.29, 1.82) is 0 Å². The van der Waals surface area contributed by atoms with Gasteiger partial charge in [0.2, 0.25) is 5.91 Å². The molecule has 0 saturated heterocycles. The van der Waals surface area contributed by atoms with Gasteiger partial charge in [-0.2, -0.15) is 0 Å². The molecule has 0 saturated carbocycles. The van der Waals surface area contributed by atoms with Crippen LogP contribution in [0.15, 0.2) is 28.7 Å². The van der Waals surface area contributed by atoms with Crippen LogP contribution in [0.1, 0.15) is 62.1 Å². The van der Waals surface area contributed by atoms with E-state index in [0.29, 0.717) is 13.0 Å². The number of amides is 1. The summed E-state index contributed by atoms with van der Waals surface area (Å²) in [5.41, 5.74) is 3.32. The van der Waals surface area contributed by atoms with Gasteiger partial charge >= 0.3 is 0 Å². The lowest BCUT2D eigenvalue weighted by Gasteiger charge is -2.12. The predicted octanol–water partition coefficient (Wildman–Crippen LogP) is 4.27. The Morgan fingerprint density at radius 1 is 1.12 bits per heavy atom. The van der Waals surface area contributed by atoms with Crippen LogP contribution >= 0.6 is 0 Å². The zero-order valence-electron chi connectivity index (χ0n) is 16.1. The summed E-state index contributed by atoms with van der Waals surface area (Å²) in [4.78, 5) is 16.5. The largest absolute Gasteiger partial charge is 0.445 e. The first-order chi connectivity index (χ1) is 11.8. The Labute approximate surface area is 151 Å². The molecule has 25 heavy (non-hydrogen) atoms. The van der Waals surface area contributed by atoms with E-state index < -0.39 is 0 Å². The Kier molecular flexibility index (Phi) is 6.40. The van der Waals surface area contributed by atoms with Gasteiger partial charge in [-0.05, 0) is 32.3 Å². The fourth-order valence-electron chi connectivity index (χ4n) is 2.56. The second kappa shape index (κ2) is 8.32. The van der Waals surface area contributed by atoms with Gasteiger partial charge in [0.15, 0.2) is 5.89 Å². The number of benzene rings is 1. The molecule has 0 aliphatic carbocycles. The van der Waals surface area contributed by atoms with Crippen LogP contribution in [-0.4, -0.2) is 17.4 Å². The van der Waals surface area contributed by atoms with Gasteiger partial charge in [-0.15, -0.1) is 0 Å². The first kappa shape index (κ1) is 19.2. The molecule has 0 fully saturated rings. The maximum absolute atomic E-state index is 12.0. The molecule has 1 aromatic carbocycles. The molecule has 136 valence electrons. The summed E-state index contributed by atoms with van der Waals surface area (Å²) in [5, 5.41) is 2.99. The Hall–Kier alpha value is -2.10. The van der Waals surface area contributed by atoms with E-state index >= 15 is 0 Å².